The number of benzene rings is 1. The van der Waals surface area contributed by atoms with E-state index in [0.29, 0.717) is 5.82 Å². The summed E-state index contributed by atoms with van der Waals surface area (Å²) in [5, 5.41) is 14.8. The van der Waals surface area contributed by atoms with E-state index in [4.69, 9.17) is 11.6 Å². The van der Waals surface area contributed by atoms with Gasteiger partial charge >= 0.3 is 0 Å². The number of aromatic amines is 1. The summed E-state index contributed by atoms with van der Waals surface area (Å²) in [6, 6.07) is 11.7. The minimum Gasteiger partial charge on any atom is -0.335 e. The highest BCUT2D eigenvalue weighted by atomic mass is 35.5. The highest BCUT2D eigenvalue weighted by molar-refractivity contribution is 6.30. The van der Waals surface area contributed by atoms with E-state index in [1.165, 1.54) is 5.56 Å². The summed E-state index contributed by atoms with van der Waals surface area (Å²) in [6.07, 6.45) is 5.55. The Kier molecular flexibility index (Phi) is 5.41. The third kappa shape index (κ3) is 4.41. The number of likely N-dealkylation sites (N-methyl/N-ethyl adjacent to an activating group) is 1. The lowest BCUT2D eigenvalue weighted by Crippen LogP contribution is -2.22. The zero-order chi connectivity index (χ0) is 19.3. The fraction of sp³-hybridized carbons (Fsp3) is 0.211. The minimum atomic E-state index is 0.534. The Bertz CT molecular complexity index is 1030. The van der Waals surface area contributed by atoms with Crippen LogP contribution in [0.25, 0.3) is 22.8 Å². The van der Waals surface area contributed by atoms with E-state index in [1.807, 2.05) is 36.8 Å². The zero-order valence-electron chi connectivity index (χ0n) is 15.3. The Morgan fingerprint density at radius 2 is 1.96 bits per heavy atom. The van der Waals surface area contributed by atoms with Crippen LogP contribution in [0.15, 0.2) is 55.1 Å². The molecule has 0 unspecified atom stereocenters. The topological polar surface area (TPSA) is 88.4 Å². The van der Waals surface area contributed by atoms with Crippen molar-refractivity contribution in [2.24, 2.45) is 0 Å². The molecule has 3 aromatic heterocycles. The van der Waals surface area contributed by atoms with Gasteiger partial charge in [-0.25, -0.2) is 4.98 Å². The SMILES string of the molecule is CN(CCn1cnc(-c2cc(-c3nn[nH]n3)ccn2)c1)Cc1ccc(Cl)cc1. The number of imidazole rings is 1. The van der Waals surface area contributed by atoms with Gasteiger partial charge in [-0.3, -0.25) is 4.98 Å². The van der Waals surface area contributed by atoms with Gasteiger partial charge in [0.05, 0.1) is 12.0 Å². The lowest BCUT2D eigenvalue weighted by molar-refractivity contribution is 0.311. The second kappa shape index (κ2) is 8.28. The van der Waals surface area contributed by atoms with Crippen molar-refractivity contribution in [2.45, 2.75) is 13.1 Å². The minimum absolute atomic E-state index is 0.534. The van der Waals surface area contributed by atoms with Crippen LogP contribution in [0.4, 0.5) is 0 Å². The van der Waals surface area contributed by atoms with Gasteiger partial charge in [0, 0.05) is 42.6 Å². The quantitative estimate of drug-likeness (QED) is 0.518. The van der Waals surface area contributed by atoms with Gasteiger partial charge in [0.1, 0.15) is 5.69 Å². The summed E-state index contributed by atoms with van der Waals surface area (Å²) in [5.74, 6) is 0.534. The molecule has 0 aliphatic carbocycles. The van der Waals surface area contributed by atoms with Gasteiger partial charge in [0.25, 0.3) is 0 Å². The predicted octanol–water partition coefficient (Wildman–Crippen LogP) is 2.91. The molecule has 0 saturated heterocycles. The first-order valence-electron chi connectivity index (χ1n) is 8.82. The van der Waals surface area contributed by atoms with E-state index in [0.717, 1.165) is 41.6 Å². The Morgan fingerprint density at radius 3 is 2.75 bits per heavy atom. The highest BCUT2D eigenvalue weighted by Crippen LogP contribution is 2.20. The monoisotopic (exact) mass is 394 g/mol. The molecule has 0 bridgehead atoms. The normalized spacial score (nSPS) is 11.2. The van der Waals surface area contributed by atoms with Crippen LogP contribution in [0.1, 0.15) is 5.56 Å². The molecular weight excluding hydrogens is 376 g/mol. The van der Waals surface area contributed by atoms with Crippen LogP contribution in [0.3, 0.4) is 0 Å². The van der Waals surface area contributed by atoms with Crippen molar-refractivity contribution in [1.82, 2.24) is 40.1 Å². The van der Waals surface area contributed by atoms with Gasteiger partial charge in [0.2, 0.25) is 5.82 Å². The molecule has 0 aliphatic rings. The van der Waals surface area contributed by atoms with E-state index in [-0.39, 0.29) is 0 Å². The number of pyridine rings is 1. The molecule has 0 atom stereocenters. The van der Waals surface area contributed by atoms with E-state index in [9.17, 15) is 0 Å². The molecule has 28 heavy (non-hydrogen) atoms. The van der Waals surface area contributed by atoms with Gasteiger partial charge in [-0.05, 0) is 42.1 Å². The van der Waals surface area contributed by atoms with Crippen molar-refractivity contribution in [3.8, 4) is 22.8 Å². The predicted molar refractivity (Wildman–Crippen MR) is 106 cm³/mol. The van der Waals surface area contributed by atoms with Crippen molar-refractivity contribution in [3.63, 3.8) is 0 Å². The van der Waals surface area contributed by atoms with Gasteiger partial charge in [-0.2, -0.15) is 5.21 Å². The van der Waals surface area contributed by atoms with Crippen LogP contribution in [-0.2, 0) is 13.1 Å². The largest absolute Gasteiger partial charge is 0.335 e. The van der Waals surface area contributed by atoms with Gasteiger partial charge in [0.15, 0.2) is 0 Å². The number of tetrazole rings is 1. The van der Waals surface area contributed by atoms with Crippen molar-refractivity contribution in [1.29, 1.82) is 0 Å². The summed E-state index contributed by atoms with van der Waals surface area (Å²) in [7, 11) is 2.10. The molecule has 4 rings (SSSR count). The molecule has 8 nitrogen and oxygen atoms in total. The molecule has 0 amide bonds. The lowest BCUT2D eigenvalue weighted by atomic mass is 10.2. The number of halogens is 1. The van der Waals surface area contributed by atoms with Crippen LogP contribution in [-0.4, -0.2) is 53.7 Å². The second-order valence-corrected chi connectivity index (χ2v) is 6.96. The van der Waals surface area contributed by atoms with Gasteiger partial charge in [-0.15, -0.1) is 10.2 Å². The van der Waals surface area contributed by atoms with Crippen LogP contribution < -0.4 is 0 Å². The first-order chi connectivity index (χ1) is 13.7. The van der Waals surface area contributed by atoms with E-state index < -0.39 is 0 Å². The van der Waals surface area contributed by atoms with Crippen molar-refractivity contribution < 1.29 is 0 Å². The summed E-state index contributed by atoms with van der Waals surface area (Å²) >= 11 is 5.94. The number of hydrogen-bond acceptors (Lipinski definition) is 6. The molecule has 142 valence electrons. The molecule has 9 heteroatoms. The number of hydrogen-bond donors (Lipinski definition) is 1. The lowest BCUT2D eigenvalue weighted by Gasteiger charge is -2.16. The van der Waals surface area contributed by atoms with E-state index in [2.05, 4.69) is 59.2 Å². The van der Waals surface area contributed by atoms with Crippen LogP contribution >= 0.6 is 11.6 Å². The number of aromatic nitrogens is 7. The summed E-state index contributed by atoms with van der Waals surface area (Å²) in [5.41, 5.74) is 3.66. The van der Waals surface area contributed by atoms with Crippen LogP contribution in [0.2, 0.25) is 5.02 Å². The van der Waals surface area contributed by atoms with E-state index >= 15 is 0 Å². The maximum absolute atomic E-state index is 5.94. The number of nitrogens with one attached hydrogen (secondary N) is 1. The average molecular weight is 395 g/mol. The number of rotatable bonds is 7. The van der Waals surface area contributed by atoms with Crippen LogP contribution in [0.5, 0.6) is 0 Å². The smallest absolute Gasteiger partial charge is 0.204 e. The first kappa shape index (κ1) is 18.3. The fourth-order valence-electron chi connectivity index (χ4n) is 2.88. The Balaban J connectivity index is 1.38. The second-order valence-electron chi connectivity index (χ2n) is 6.53. The van der Waals surface area contributed by atoms with Gasteiger partial charge < -0.3 is 9.47 Å². The first-order valence-corrected chi connectivity index (χ1v) is 9.20. The molecule has 4 aromatic rings. The van der Waals surface area contributed by atoms with Gasteiger partial charge in [-0.1, -0.05) is 23.7 Å². The molecular formula is C19H19ClN8. The molecule has 0 spiro atoms. The standard InChI is InChI=1S/C19H19ClN8/c1-27(11-14-2-4-16(20)5-3-14)8-9-28-12-18(22-13-28)17-10-15(6-7-21-17)19-23-25-26-24-19/h2-7,10,12-13H,8-9,11H2,1H3,(H,23,24,25,26). The Hall–Kier alpha value is -3.10. The molecule has 3 heterocycles. The van der Waals surface area contributed by atoms with Crippen molar-refractivity contribution in [3.05, 3.63) is 65.7 Å². The summed E-state index contributed by atoms with van der Waals surface area (Å²) in [4.78, 5) is 11.2. The molecule has 1 aromatic carbocycles. The number of H-pyrrole nitrogens is 1. The third-order valence-corrected chi connectivity index (χ3v) is 4.62. The third-order valence-electron chi connectivity index (χ3n) is 4.36. The fourth-order valence-corrected chi connectivity index (χ4v) is 3.00. The molecule has 1 N–H and O–H groups in total. The van der Waals surface area contributed by atoms with E-state index in [1.54, 1.807) is 6.20 Å². The molecule has 0 aliphatic heterocycles. The Morgan fingerprint density at radius 1 is 1.11 bits per heavy atom. The van der Waals surface area contributed by atoms with Crippen molar-refractivity contribution in [2.75, 3.05) is 13.6 Å². The Labute approximate surface area is 167 Å². The maximum atomic E-state index is 5.94. The van der Waals surface area contributed by atoms with Crippen molar-refractivity contribution >= 4 is 11.6 Å². The maximum Gasteiger partial charge on any atom is 0.204 e. The summed E-state index contributed by atoms with van der Waals surface area (Å²) in [6.45, 7) is 2.60. The summed E-state index contributed by atoms with van der Waals surface area (Å²) < 4.78 is 2.07. The average Bonchev–Trinajstić information content (AvgIpc) is 3.41. The molecule has 0 saturated carbocycles. The zero-order valence-corrected chi connectivity index (χ0v) is 16.1. The highest BCUT2D eigenvalue weighted by Gasteiger charge is 2.09. The molecule has 0 fully saturated rings. The van der Waals surface area contributed by atoms with Crippen LogP contribution in [0, 0.1) is 0 Å². The number of nitrogens with zero attached hydrogens (tertiary/aromatic N) is 7. The molecule has 0 radical (unpaired) electrons.